The van der Waals surface area contributed by atoms with Crippen LogP contribution < -0.4 is 5.32 Å². The average Bonchev–Trinajstić information content (AvgIpc) is 3.23. The van der Waals surface area contributed by atoms with E-state index in [0.29, 0.717) is 18.3 Å². The Kier molecular flexibility index (Phi) is 4.42. The van der Waals surface area contributed by atoms with E-state index >= 15 is 0 Å². The summed E-state index contributed by atoms with van der Waals surface area (Å²) in [6.45, 7) is 5.32. The van der Waals surface area contributed by atoms with Crippen LogP contribution in [-0.2, 0) is 6.54 Å². The number of nitrogens with zero attached hydrogens (tertiary/aromatic N) is 3. The number of urea groups is 1. The predicted molar refractivity (Wildman–Crippen MR) is 83.6 cm³/mol. The first-order chi connectivity index (χ1) is 10.6. The fraction of sp³-hybridized carbons (Fsp3) is 0.533. The third-order valence-corrected chi connectivity index (χ3v) is 4.64. The summed E-state index contributed by atoms with van der Waals surface area (Å²) in [6.07, 6.45) is 1.82. The molecule has 0 aromatic carbocycles. The molecule has 1 atom stereocenters. The van der Waals surface area contributed by atoms with Gasteiger partial charge in [-0.15, -0.1) is 11.3 Å². The molecule has 3 heterocycles. The van der Waals surface area contributed by atoms with Crippen molar-refractivity contribution in [2.45, 2.75) is 45.2 Å². The molecule has 0 radical (unpaired) electrons. The summed E-state index contributed by atoms with van der Waals surface area (Å²) >= 11 is 1.64. The molecule has 7 heteroatoms. The zero-order chi connectivity index (χ0) is 15.5. The van der Waals surface area contributed by atoms with Crippen molar-refractivity contribution in [1.82, 2.24) is 20.4 Å². The SMILES string of the molecule is CC(C)c1noc([C@@H]2CCCN2C(=O)NCc2cccs2)n1. The van der Waals surface area contributed by atoms with Gasteiger partial charge in [-0.1, -0.05) is 25.1 Å². The monoisotopic (exact) mass is 320 g/mol. The highest BCUT2D eigenvalue weighted by Gasteiger charge is 2.34. The first kappa shape index (κ1) is 15.0. The Balaban J connectivity index is 1.65. The standard InChI is InChI=1S/C15H20N4O2S/c1-10(2)13-17-14(21-18-13)12-6-3-7-19(12)15(20)16-9-11-5-4-8-22-11/h4-5,8,10,12H,3,6-7,9H2,1-2H3,(H,16,20)/t12-/m0/s1. The number of carbonyl (C=O) groups is 1. The number of aromatic nitrogens is 2. The van der Waals surface area contributed by atoms with Gasteiger partial charge in [0.2, 0.25) is 5.89 Å². The van der Waals surface area contributed by atoms with Crippen LogP contribution in [0.5, 0.6) is 0 Å². The molecule has 0 aliphatic carbocycles. The molecule has 3 rings (SSSR count). The molecule has 1 saturated heterocycles. The Morgan fingerprint density at radius 2 is 2.45 bits per heavy atom. The number of hydrogen-bond acceptors (Lipinski definition) is 5. The molecule has 22 heavy (non-hydrogen) atoms. The lowest BCUT2D eigenvalue weighted by atomic mass is 10.2. The molecule has 2 aromatic rings. The molecule has 1 aliphatic rings. The smallest absolute Gasteiger partial charge is 0.318 e. The summed E-state index contributed by atoms with van der Waals surface area (Å²) in [5.41, 5.74) is 0. The maximum Gasteiger partial charge on any atom is 0.318 e. The Morgan fingerprint density at radius 3 is 3.14 bits per heavy atom. The first-order valence-corrected chi connectivity index (χ1v) is 8.43. The van der Waals surface area contributed by atoms with Crippen molar-refractivity contribution in [1.29, 1.82) is 0 Å². The molecule has 2 aromatic heterocycles. The van der Waals surface area contributed by atoms with Crippen molar-refractivity contribution in [2.75, 3.05) is 6.54 Å². The number of rotatable bonds is 4. The molecule has 1 fully saturated rings. The van der Waals surface area contributed by atoms with Gasteiger partial charge in [0, 0.05) is 17.3 Å². The molecule has 0 saturated carbocycles. The quantitative estimate of drug-likeness (QED) is 0.938. The average molecular weight is 320 g/mol. The molecular formula is C15H20N4O2S. The van der Waals surface area contributed by atoms with Crippen molar-refractivity contribution >= 4 is 17.4 Å². The lowest BCUT2D eigenvalue weighted by Crippen LogP contribution is -2.39. The molecule has 0 spiro atoms. The third-order valence-electron chi connectivity index (χ3n) is 3.77. The van der Waals surface area contributed by atoms with E-state index in [1.54, 1.807) is 16.2 Å². The van der Waals surface area contributed by atoms with Gasteiger partial charge in [-0.2, -0.15) is 4.98 Å². The molecule has 6 nitrogen and oxygen atoms in total. The highest BCUT2D eigenvalue weighted by Crippen LogP contribution is 2.31. The second-order valence-corrected chi connectivity index (χ2v) is 6.77. The highest BCUT2D eigenvalue weighted by atomic mass is 32.1. The highest BCUT2D eigenvalue weighted by molar-refractivity contribution is 7.09. The zero-order valence-electron chi connectivity index (χ0n) is 12.8. The van der Waals surface area contributed by atoms with Crippen LogP contribution in [0.3, 0.4) is 0 Å². The summed E-state index contributed by atoms with van der Waals surface area (Å²) in [6, 6.07) is 3.82. The van der Waals surface area contributed by atoms with Gasteiger partial charge in [0.1, 0.15) is 6.04 Å². The van der Waals surface area contributed by atoms with Gasteiger partial charge in [-0.3, -0.25) is 0 Å². The number of carbonyl (C=O) groups excluding carboxylic acids is 1. The lowest BCUT2D eigenvalue weighted by molar-refractivity contribution is 0.180. The predicted octanol–water partition coefficient (Wildman–Crippen LogP) is 3.30. The first-order valence-electron chi connectivity index (χ1n) is 7.55. The maximum absolute atomic E-state index is 12.4. The zero-order valence-corrected chi connectivity index (χ0v) is 13.6. The Hall–Kier alpha value is -1.89. The number of thiophene rings is 1. The van der Waals surface area contributed by atoms with E-state index in [-0.39, 0.29) is 18.0 Å². The van der Waals surface area contributed by atoms with E-state index in [9.17, 15) is 4.79 Å². The van der Waals surface area contributed by atoms with Gasteiger partial charge in [0.05, 0.1) is 6.54 Å². The molecular weight excluding hydrogens is 300 g/mol. The van der Waals surface area contributed by atoms with E-state index in [4.69, 9.17) is 4.52 Å². The van der Waals surface area contributed by atoms with Gasteiger partial charge in [0.25, 0.3) is 0 Å². The molecule has 1 N–H and O–H groups in total. The van der Waals surface area contributed by atoms with E-state index in [1.807, 2.05) is 31.4 Å². The normalized spacial score (nSPS) is 18.1. The van der Waals surface area contributed by atoms with Crippen molar-refractivity contribution in [2.24, 2.45) is 0 Å². The van der Waals surface area contributed by atoms with E-state index in [1.165, 1.54) is 0 Å². The summed E-state index contributed by atoms with van der Waals surface area (Å²) in [5.74, 6) is 1.47. The second kappa shape index (κ2) is 6.48. The molecule has 0 bridgehead atoms. The van der Waals surface area contributed by atoms with Crippen LogP contribution >= 0.6 is 11.3 Å². The van der Waals surface area contributed by atoms with Crippen molar-refractivity contribution in [3.05, 3.63) is 34.1 Å². The minimum atomic E-state index is -0.108. The van der Waals surface area contributed by atoms with Gasteiger partial charge < -0.3 is 14.7 Å². The summed E-state index contributed by atoms with van der Waals surface area (Å²) < 4.78 is 5.36. The van der Waals surface area contributed by atoms with Crippen LogP contribution in [0.1, 0.15) is 55.2 Å². The van der Waals surface area contributed by atoms with Gasteiger partial charge in [0.15, 0.2) is 5.82 Å². The number of amides is 2. The maximum atomic E-state index is 12.4. The van der Waals surface area contributed by atoms with E-state index < -0.39 is 0 Å². The second-order valence-electron chi connectivity index (χ2n) is 5.74. The summed E-state index contributed by atoms with van der Waals surface area (Å²) in [5, 5.41) is 8.97. The molecule has 0 unspecified atom stereocenters. The van der Waals surface area contributed by atoms with Gasteiger partial charge in [-0.05, 0) is 24.3 Å². The minimum absolute atomic E-state index is 0.0693. The van der Waals surface area contributed by atoms with Gasteiger partial charge >= 0.3 is 6.03 Å². The van der Waals surface area contributed by atoms with Crippen LogP contribution in [0, 0.1) is 0 Å². The lowest BCUT2D eigenvalue weighted by Gasteiger charge is -2.22. The molecule has 2 amide bonds. The Labute approximate surface area is 133 Å². The molecule has 1 aliphatic heterocycles. The number of hydrogen-bond donors (Lipinski definition) is 1. The number of likely N-dealkylation sites (tertiary alicyclic amines) is 1. The molecule has 118 valence electrons. The Morgan fingerprint density at radius 1 is 1.59 bits per heavy atom. The van der Waals surface area contributed by atoms with Crippen LogP contribution in [0.2, 0.25) is 0 Å². The van der Waals surface area contributed by atoms with Crippen LogP contribution in [0.4, 0.5) is 4.79 Å². The fourth-order valence-electron chi connectivity index (χ4n) is 2.56. The largest absolute Gasteiger partial charge is 0.337 e. The number of nitrogens with one attached hydrogen (secondary N) is 1. The topological polar surface area (TPSA) is 71.3 Å². The summed E-state index contributed by atoms with van der Waals surface area (Å²) in [4.78, 5) is 19.8. The van der Waals surface area contributed by atoms with E-state index in [0.717, 1.165) is 24.3 Å². The third kappa shape index (κ3) is 3.14. The fourth-order valence-corrected chi connectivity index (χ4v) is 3.21. The summed E-state index contributed by atoms with van der Waals surface area (Å²) in [7, 11) is 0. The van der Waals surface area contributed by atoms with Crippen molar-refractivity contribution in [3.8, 4) is 0 Å². The van der Waals surface area contributed by atoms with Crippen LogP contribution in [-0.4, -0.2) is 27.6 Å². The Bertz CT molecular complexity index is 623. The van der Waals surface area contributed by atoms with E-state index in [2.05, 4.69) is 15.5 Å². The minimum Gasteiger partial charge on any atom is -0.337 e. The van der Waals surface area contributed by atoms with Crippen molar-refractivity contribution < 1.29 is 9.32 Å². The van der Waals surface area contributed by atoms with Crippen LogP contribution in [0.25, 0.3) is 0 Å². The van der Waals surface area contributed by atoms with Crippen molar-refractivity contribution in [3.63, 3.8) is 0 Å². The van der Waals surface area contributed by atoms with Gasteiger partial charge in [-0.25, -0.2) is 4.79 Å². The van der Waals surface area contributed by atoms with Crippen LogP contribution in [0.15, 0.2) is 22.0 Å².